The molecule has 3 rings (SSSR count). The molecule has 1 amide bonds. The summed E-state index contributed by atoms with van der Waals surface area (Å²) in [6.07, 6.45) is 1.88. The van der Waals surface area contributed by atoms with E-state index in [1.54, 1.807) is 6.07 Å². The molecule has 0 unspecified atom stereocenters. The lowest BCUT2D eigenvalue weighted by Crippen LogP contribution is -2.17. The molecule has 0 fully saturated rings. The lowest BCUT2D eigenvalue weighted by atomic mass is 10.1. The van der Waals surface area contributed by atoms with Gasteiger partial charge in [0.2, 0.25) is 0 Å². The second kappa shape index (κ2) is 5.62. The van der Waals surface area contributed by atoms with Gasteiger partial charge in [-0.05, 0) is 37.3 Å². The van der Waals surface area contributed by atoms with Crippen molar-refractivity contribution in [2.75, 3.05) is 16.8 Å². The van der Waals surface area contributed by atoms with Gasteiger partial charge in [0.05, 0.1) is 5.57 Å². The van der Waals surface area contributed by atoms with Gasteiger partial charge in [-0.15, -0.1) is 0 Å². The predicted molar refractivity (Wildman–Crippen MR) is 87.5 cm³/mol. The molecule has 1 N–H and O–H groups in total. The van der Waals surface area contributed by atoms with Crippen LogP contribution in [0.3, 0.4) is 0 Å². The number of halogens is 1. The second-order valence-corrected chi connectivity index (χ2v) is 5.24. The summed E-state index contributed by atoms with van der Waals surface area (Å²) in [6.45, 7) is 2.83. The number of anilines is 2. The van der Waals surface area contributed by atoms with E-state index in [2.05, 4.69) is 12.2 Å². The maximum Gasteiger partial charge on any atom is 0.257 e. The fourth-order valence-corrected chi connectivity index (χ4v) is 2.58. The van der Waals surface area contributed by atoms with E-state index >= 15 is 0 Å². The van der Waals surface area contributed by atoms with Gasteiger partial charge >= 0.3 is 0 Å². The number of hydrogen-bond donors (Lipinski definition) is 1. The summed E-state index contributed by atoms with van der Waals surface area (Å²) in [5.41, 5.74) is 3.34. The van der Waals surface area contributed by atoms with E-state index < -0.39 is 0 Å². The van der Waals surface area contributed by atoms with E-state index in [1.807, 2.05) is 53.6 Å². The Morgan fingerprint density at radius 2 is 1.95 bits per heavy atom. The summed E-state index contributed by atoms with van der Waals surface area (Å²) in [6, 6.07) is 15.4. The monoisotopic (exact) mass is 298 g/mol. The molecule has 3 nitrogen and oxygen atoms in total. The van der Waals surface area contributed by atoms with Crippen molar-refractivity contribution in [3.05, 3.63) is 65.3 Å². The fourth-order valence-electron chi connectivity index (χ4n) is 2.41. The summed E-state index contributed by atoms with van der Waals surface area (Å²) in [7, 11) is 0. The van der Waals surface area contributed by atoms with E-state index in [9.17, 15) is 4.79 Å². The highest BCUT2D eigenvalue weighted by atomic mass is 35.5. The van der Waals surface area contributed by atoms with E-state index in [-0.39, 0.29) is 5.91 Å². The van der Waals surface area contributed by atoms with Crippen molar-refractivity contribution in [2.24, 2.45) is 0 Å². The number of nitrogens with one attached hydrogen (secondary N) is 1. The van der Waals surface area contributed by atoms with Gasteiger partial charge in [-0.2, -0.15) is 0 Å². The van der Waals surface area contributed by atoms with Crippen molar-refractivity contribution >= 4 is 34.5 Å². The molecule has 0 saturated heterocycles. The fraction of sp³-hybridized carbons (Fsp3) is 0.118. The number of carbonyl (C=O) groups excluding carboxylic acids is 1. The first kappa shape index (κ1) is 13.7. The summed E-state index contributed by atoms with van der Waals surface area (Å²) < 4.78 is 0. The molecule has 0 atom stereocenters. The molecule has 1 heterocycles. The van der Waals surface area contributed by atoms with E-state index in [0.717, 1.165) is 23.5 Å². The first-order valence-corrected chi connectivity index (χ1v) is 7.21. The van der Waals surface area contributed by atoms with Gasteiger partial charge in [-0.3, -0.25) is 4.79 Å². The van der Waals surface area contributed by atoms with Crippen LogP contribution in [0, 0.1) is 0 Å². The minimum absolute atomic E-state index is 0.0957. The molecule has 0 aliphatic carbocycles. The van der Waals surface area contributed by atoms with Crippen molar-refractivity contribution in [3.63, 3.8) is 0 Å². The maximum absolute atomic E-state index is 12.2. The summed E-state index contributed by atoms with van der Waals surface area (Å²) in [5, 5.41) is 3.49. The highest BCUT2D eigenvalue weighted by Crippen LogP contribution is 2.34. The molecule has 1 aliphatic rings. The molecule has 0 saturated carbocycles. The quantitative estimate of drug-likeness (QED) is 0.863. The van der Waals surface area contributed by atoms with Crippen LogP contribution in [0.4, 0.5) is 11.4 Å². The van der Waals surface area contributed by atoms with Crippen LogP contribution in [0.25, 0.3) is 5.57 Å². The van der Waals surface area contributed by atoms with Crippen LogP contribution in [0.5, 0.6) is 0 Å². The molecular formula is C17H15ClN2O. The van der Waals surface area contributed by atoms with Crippen LogP contribution in [-0.2, 0) is 4.79 Å². The van der Waals surface area contributed by atoms with Gasteiger partial charge < -0.3 is 10.2 Å². The largest absolute Gasteiger partial charge is 0.347 e. The Morgan fingerprint density at radius 1 is 1.19 bits per heavy atom. The first-order chi connectivity index (χ1) is 10.2. The van der Waals surface area contributed by atoms with Crippen molar-refractivity contribution in [3.8, 4) is 0 Å². The Bertz CT molecular complexity index is 710. The molecule has 2 aromatic carbocycles. The third-order valence-electron chi connectivity index (χ3n) is 3.48. The van der Waals surface area contributed by atoms with Crippen LogP contribution in [0.2, 0.25) is 5.02 Å². The van der Waals surface area contributed by atoms with Gasteiger partial charge in [0.1, 0.15) is 0 Å². The summed E-state index contributed by atoms with van der Waals surface area (Å²) in [4.78, 5) is 14.2. The summed E-state index contributed by atoms with van der Waals surface area (Å²) in [5.74, 6) is -0.0957. The molecule has 1 aliphatic heterocycles. The smallest absolute Gasteiger partial charge is 0.257 e. The SMILES string of the molecule is CCN(/C=C1/C(=O)Nc2ccc(Cl)cc21)c1ccccc1. The number of nitrogens with zero attached hydrogens (tertiary/aromatic N) is 1. The average molecular weight is 299 g/mol. The molecule has 0 aromatic heterocycles. The van der Waals surface area contributed by atoms with E-state index in [4.69, 9.17) is 11.6 Å². The third-order valence-corrected chi connectivity index (χ3v) is 3.71. The van der Waals surface area contributed by atoms with Crippen LogP contribution >= 0.6 is 11.6 Å². The molecule has 0 radical (unpaired) electrons. The maximum atomic E-state index is 12.2. The van der Waals surface area contributed by atoms with Crippen LogP contribution in [0.1, 0.15) is 12.5 Å². The van der Waals surface area contributed by atoms with Crippen molar-refractivity contribution < 1.29 is 4.79 Å². The second-order valence-electron chi connectivity index (χ2n) is 4.81. The Hall–Kier alpha value is -2.26. The zero-order valence-corrected chi connectivity index (χ0v) is 12.4. The summed E-state index contributed by atoms with van der Waals surface area (Å²) >= 11 is 6.04. The number of benzene rings is 2. The molecule has 0 spiro atoms. The number of carbonyl (C=O) groups is 1. The normalized spacial score (nSPS) is 15.0. The van der Waals surface area contributed by atoms with Crippen LogP contribution in [0.15, 0.2) is 54.7 Å². The number of fused-ring (bicyclic) bond motifs is 1. The molecular weight excluding hydrogens is 284 g/mol. The van der Waals surface area contributed by atoms with Gasteiger partial charge in [-0.25, -0.2) is 0 Å². The standard InChI is InChI=1S/C17H15ClN2O/c1-2-20(13-6-4-3-5-7-13)11-15-14-10-12(18)8-9-16(14)19-17(15)21/h3-11H,2H2,1H3,(H,19,21)/b15-11+. The Balaban J connectivity index is 2.03. The van der Waals surface area contributed by atoms with E-state index in [1.165, 1.54) is 0 Å². The molecule has 21 heavy (non-hydrogen) atoms. The minimum atomic E-state index is -0.0957. The Kier molecular flexibility index (Phi) is 3.67. The lowest BCUT2D eigenvalue weighted by Gasteiger charge is -2.19. The minimum Gasteiger partial charge on any atom is -0.347 e. The zero-order chi connectivity index (χ0) is 14.8. The van der Waals surface area contributed by atoms with Crippen molar-refractivity contribution in [1.29, 1.82) is 0 Å². The van der Waals surface area contributed by atoms with Gasteiger partial charge in [0, 0.05) is 34.7 Å². The highest BCUT2D eigenvalue weighted by Gasteiger charge is 2.25. The number of rotatable bonds is 3. The highest BCUT2D eigenvalue weighted by molar-refractivity contribution is 6.34. The van der Waals surface area contributed by atoms with Crippen molar-refractivity contribution in [1.82, 2.24) is 0 Å². The van der Waals surface area contributed by atoms with Crippen LogP contribution in [-0.4, -0.2) is 12.5 Å². The molecule has 0 bridgehead atoms. The predicted octanol–water partition coefficient (Wildman–Crippen LogP) is 4.16. The zero-order valence-electron chi connectivity index (χ0n) is 11.6. The first-order valence-electron chi connectivity index (χ1n) is 6.84. The number of para-hydroxylation sites is 1. The Morgan fingerprint density at radius 3 is 2.67 bits per heavy atom. The van der Waals surface area contributed by atoms with Crippen LogP contribution < -0.4 is 10.2 Å². The third kappa shape index (κ3) is 2.65. The van der Waals surface area contributed by atoms with Crippen molar-refractivity contribution in [2.45, 2.75) is 6.92 Å². The molecule has 106 valence electrons. The number of amides is 1. The molecule has 2 aromatic rings. The van der Waals surface area contributed by atoms with Gasteiger partial charge in [0.25, 0.3) is 5.91 Å². The number of hydrogen-bond acceptors (Lipinski definition) is 2. The van der Waals surface area contributed by atoms with E-state index in [0.29, 0.717) is 10.6 Å². The van der Waals surface area contributed by atoms with Gasteiger partial charge in [0.15, 0.2) is 0 Å². The van der Waals surface area contributed by atoms with Gasteiger partial charge in [-0.1, -0.05) is 29.8 Å². The molecule has 4 heteroatoms. The topological polar surface area (TPSA) is 32.3 Å². The average Bonchev–Trinajstić information content (AvgIpc) is 2.81. The Labute approximate surface area is 128 Å². The lowest BCUT2D eigenvalue weighted by molar-refractivity contribution is -0.110.